The summed E-state index contributed by atoms with van der Waals surface area (Å²) in [5, 5.41) is 22.4. The highest BCUT2D eigenvalue weighted by Gasteiger charge is 2.31. The van der Waals surface area contributed by atoms with Crippen molar-refractivity contribution in [1.29, 1.82) is 5.26 Å². The topological polar surface area (TPSA) is 109 Å². The summed E-state index contributed by atoms with van der Waals surface area (Å²) in [7, 11) is 0. The van der Waals surface area contributed by atoms with Crippen molar-refractivity contribution < 1.29 is 27.3 Å². The Bertz CT molecular complexity index is 1260. The normalized spacial score (nSPS) is 11.7. The van der Waals surface area contributed by atoms with Crippen LogP contribution in [0.1, 0.15) is 11.3 Å². The van der Waals surface area contributed by atoms with Gasteiger partial charge in [0.1, 0.15) is 23.2 Å². The van der Waals surface area contributed by atoms with Gasteiger partial charge in [-0.05, 0) is 42.5 Å². The molecule has 3 aromatic rings. The largest absolute Gasteiger partial charge is 0.457 e. The van der Waals surface area contributed by atoms with Crippen LogP contribution in [0.2, 0.25) is 5.02 Å². The van der Waals surface area contributed by atoms with Crippen molar-refractivity contribution in [2.24, 2.45) is 0 Å². The monoisotopic (exact) mass is 461 g/mol. The molecular formula is C21H11ClF3N3O4. The number of nitro benzene ring substituents is 1. The number of amides is 1. The molecule has 0 saturated heterocycles. The fourth-order valence-electron chi connectivity index (χ4n) is 2.62. The van der Waals surface area contributed by atoms with Crippen molar-refractivity contribution >= 4 is 35.0 Å². The van der Waals surface area contributed by atoms with Gasteiger partial charge in [0.2, 0.25) is 0 Å². The zero-order chi connectivity index (χ0) is 23.5. The number of nitrogens with one attached hydrogen (secondary N) is 1. The van der Waals surface area contributed by atoms with Crippen molar-refractivity contribution in [2.45, 2.75) is 6.18 Å². The summed E-state index contributed by atoms with van der Waals surface area (Å²) in [6.45, 7) is 0. The van der Waals surface area contributed by atoms with Gasteiger partial charge in [-0.15, -0.1) is 0 Å². The minimum Gasteiger partial charge on any atom is -0.457 e. The van der Waals surface area contributed by atoms with Crippen LogP contribution in [-0.2, 0) is 11.0 Å². The molecule has 2 aromatic carbocycles. The number of benzene rings is 2. The third-order valence-electron chi connectivity index (χ3n) is 4.17. The number of non-ortho nitro benzene ring substituents is 1. The van der Waals surface area contributed by atoms with E-state index in [2.05, 4.69) is 5.32 Å². The maximum Gasteiger partial charge on any atom is 0.416 e. The Hall–Kier alpha value is -4.10. The van der Waals surface area contributed by atoms with E-state index in [1.807, 2.05) is 0 Å². The number of carbonyl (C=O) groups excluding carboxylic acids is 1. The molecule has 1 N–H and O–H groups in total. The van der Waals surface area contributed by atoms with Crippen molar-refractivity contribution in [2.75, 3.05) is 5.32 Å². The quantitative estimate of drug-likeness (QED) is 0.214. The van der Waals surface area contributed by atoms with Gasteiger partial charge in [-0.3, -0.25) is 14.9 Å². The van der Waals surface area contributed by atoms with Crippen LogP contribution < -0.4 is 5.32 Å². The molecule has 7 nitrogen and oxygen atoms in total. The fraction of sp³-hybridized carbons (Fsp3) is 0.0476. The molecule has 1 heterocycles. The van der Waals surface area contributed by atoms with Crippen molar-refractivity contribution in [3.05, 3.63) is 86.6 Å². The van der Waals surface area contributed by atoms with E-state index in [1.165, 1.54) is 36.4 Å². The number of anilines is 1. The molecule has 1 amide bonds. The van der Waals surface area contributed by atoms with E-state index in [0.29, 0.717) is 0 Å². The Morgan fingerprint density at radius 3 is 2.44 bits per heavy atom. The molecule has 0 aliphatic rings. The maximum atomic E-state index is 13.0. The summed E-state index contributed by atoms with van der Waals surface area (Å²) >= 11 is 5.99. The van der Waals surface area contributed by atoms with E-state index in [0.717, 1.165) is 24.3 Å². The van der Waals surface area contributed by atoms with Crippen LogP contribution in [0.3, 0.4) is 0 Å². The minimum absolute atomic E-state index is 0.00465. The molecular weight excluding hydrogens is 451 g/mol. The van der Waals surface area contributed by atoms with Crippen LogP contribution >= 0.6 is 11.6 Å². The summed E-state index contributed by atoms with van der Waals surface area (Å²) in [6.07, 6.45) is -3.47. The van der Waals surface area contributed by atoms with Crippen molar-refractivity contribution in [3.63, 3.8) is 0 Å². The van der Waals surface area contributed by atoms with Crippen LogP contribution in [-0.4, -0.2) is 10.8 Å². The third-order valence-corrected chi connectivity index (χ3v) is 4.50. The standard InChI is InChI=1S/C21H11ClF3N3O4/c22-18-7-1-13(21(23,24)25)10-17(18)19-8-6-16(32-19)9-12(11-26)20(29)27-14-2-4-15(5-3-14)28(30)31/h1-10H,(H,27,29). The SMILES string of the molecule is N#CC(=Cc1ccc(-c2cc(C(F)(F)F)ccc2Cl)o1)C(=O)Nc1ccc([N+](=O)[O-])cc1. The van der Waals surface area contributed by atoms with Gasteiger partial charge in [-0.1, -0.05) is 11.6 Å². The molecule has 32 heavy (non-hydrogen) atoms. The van der Waals surface area contributed by atoms with E-state index in [9.17, 15) is 33.3 Å². The molecule has 0 radical (unpaired) electrons. The minimum atomic E-state index is -4.57. The molecule has 0 fully saturated rings. The molecule has 0 saturated carbocycles. The molecule has 1 aromatic heterocycles. The number of furan rings is 1. The molecule has 0 aliphatic carbocycles. The average molecular weight is 462 g/mol. The van der Waals surface area contributed by atoms with E-state index < -0.39 is 22.6 Å². The van der Waals surface area contributed by atoms with Crippen LogP contribution in [0.25, 0.3) is 17.4 Å². The van der Waals surface area contributed by atoms with E-state index in [4.69, 9.17) is 16.0 Å². The van der Waals surface area contributed by atoms with Gasteiger partial charge in [0.25, 0.3) is 11.6 Å². The number of nitro groups is 1. The van der Waals surface area contributed by atoms with Gasteiger partial charge in [0.05, 0.1) is 15.5 Å². The molecule has 0 atom stereocenters. The number of nitrogens with zero attached hydrogens (tertiary/aromatic N) is 2. The second-order valence-electron chi connectivity index (χ2n) is 6.32. The lowest BCUT2D eigenvalue weighted by Crippen LogP contribution is -2.13. The molecule has 3 rings (SSSR count). The molecule has 0 bridgehead atoms. The first-order valence-corrected chi connectivity index (χ1v) is 9.11. The Labute approximate surface area is 183 Å². The zero-order valence-corrected chi connectivity index (χ0v) is 16.6. The molecule has 0 spiro atoms. The number of alkyl halides is 3. The van der Waals surface area contributed by atoms with E-state index >= 15 is 0 Å². The van der Waals surface area contributed by atoms with Gasteiger partial charge in [0, 0.05) is 29.5 Å². The van der Waals surface area contributed by atoms with Crippen LogP contribution in [0.4, 0.5) is 24.5 Å². The highest BCUT2D eigenvalue weighted by atomic mass is 35.5. The first kappa shape index (κ1) is 22.6. The van der Waals surface area contributed by atoms with Gasteiger partial charge in [-0.2, -0.15) is 18.4 Å². The van der Waals surface area contributed by atoms with Gasteiger partial charge >= 0.3 is 6.18 Å². The summed E-state index contributed by atoms with van der Waals surface area (Å²) < 4.78 is 44.4. The Balaban J connectivity index is 1.83. The number of hydrogen-bond acceptors (Lipinski definition) is 5. The summed E-state index contributed by atoms with van der Waals surface area (Å²) in [6, 6.07) is 12.1. The van der Waals surface area contributed by atoms with Crippen molar-refractivity contribution in [3.8, 4) is 17.4 Å². The summed E-state index contributed by atoms with van der Waals surface area (Å²) in [5.41, 5.74) is -1.23. The predicted molar refractivity (Wildman–Crippen MR) is 109 cm³/mol. The Morgan fingerprint density at radius 2 is 1.84 bits per heavy atom. The maximum absolute atomic E-state index is 13.0. The highest BCUT2D eigenvalue weighted by Crippen LogP contribution is 2.36. The second kappa shape index (κ2) is 8.95. The Kier molecular flexibility index (Phi) is 6.32. The van der Waals surface area contributed by atoms with E-state index in [1.54, 1.807) is 6.07 Å². The van der Waals surface area contributed by atoms with Gasteiger partial charge in [-0.25, -0.2) is 0 Å². The zero-order valence-electron chi connectivity index (χ0n) is 15.8. The molecule has 0 unspecified atom stereocenters. The lowest BCUT2D eigenvalue weighted by Gasteiger charge is -2.09. The lowest BCUT2D eigenvalue weighted by molar-refractivity contribution is -0.384. The van der Waals surface area contributed by atoms with Crippen LogP contribution in [0, 0.1) is 21.4 Å². The predicted octanol–water partition coefficient (Wildman–Crippen LogP) is 6.07. The van der Waals surface area contributed by atoms with Crippen LogP contribution in [0.15, 0.2) is 64.6 Å². The fourth-order valence-corrected chi connectivity index (χ4v) is 2.83. The average Bonchev–Trinajstić information content (AvgIpc) is 3.20. The van der Waals surface area contributed by atoms with Crippen molar-refractivity contribution in [1.82, 2.24) is 0 Å². The smallest absolute Gasteiger partial charge is 0.416 e. The number of carbonyl (C=O) groups is 1. The molecule has 162 valence electrons. The van der Waals surface area contributed by atoms with Crippen LogP contribution in [0.5, 0.6) is 0 Å². The number of halogens is 4. The summed E-state index contributed by atoms with van der Waals surface area (Å²) in [4.78, 5) is 22.4. The molecule has 0 aliphatic heterocycles. The third kappa shape index (κ3) is 5.14. The van der Waals surface area contributed by atoms with E-state index in [-0.39, 0.29) is 39.1 Å². The number of nitriles is 1. The van der Waals surface area contributed by atoms with Gasteiger partial charge in [0.15, 0.2) is 0 Å². The summed E-state index contributed by atoms with van der Waals surface area (Å²) in [5.74, 6) is -0.763. The first-order chi connectivity index (χ1) is 15.1. The highest BCUT2D eigenvalue weighted by molar-refractivity contribution is 6.33. The number of rotatable bonds is 5. The molecule has 11 heteroatoms. The second-order valence-corrected chi connectivity index (χ2v) is 6.73. The van der Waals surface area contributed by atoms with Gasteiger partial charge < -0.3 is 9.73 Å². The number of hydrogen-bond donors (Lipinski definition) is 1. The first-order valence-electron chi connectivity index (χ1n) is 8.73. The lowest BCUT2D eigenvalue weighted by atomic mass is 10.1. The Morgan fingerprint density at radius 1 is 1.16 bits per heavy atom.